The number of amides is 1. The summed E-state index contributed by atoms with van der Waals surface area (Å²) in [4.78, 5) is 16.7. The first-order chi connectivity index (χ1) is 15.7. The molecule has 0 aromatic heterocycles. The Kier molecular flexibility index (Phi) is 8.42. The molecular formula is C27H31NO4S. The van der Waals surface area contributed by atoms with E-state index in [9.17, 15) is 15.0 Å². The second-order valence-electron chi connectivity index (χ2n) is 8.87. The van der Waals surface area contributed by atoms with Gasteiger partial charge in [0.1, 0.15) is 11.4 Å². The number of phenolic OH excluding ortho intramolecular Hbond substituents is 1. The molecule has 6 heteroatoms. The van der Waals surface area contributed by atoms with E-state index in [0.29, 0.717) is 13.0 Å². The van der Waals surface area contributed by atoms with E-state index in [2.05, 4.69) is 0 Å². The molecule has 0 radical (unpaired) electrons. The summed E-state index contributed by atoms with van der Waals surface area (Å²) in [6.45, 7) is 5.70. The van der Waals surface area contributed by atoms with Gasteiger partial charge in [-0.1, -0.05) is 54.2 Å². The van der Waals surface area contributed by atoms with E-state index < -0.39 is 17.7 Å². The Labute approximate surface area is 200 Å². The lowest BCUT2D eigenvalue weighted by Crippen LogP contribution is -2.45. The van der Waals surface area contributed by atoms with Gasteiger partial charge in [-0.15, -0.1) is 0 Å². The van der Waals surface area contributed by atoms with Gasteiger partial charge in [0.15, 0.2) is 0 Å². The van der Waals surface area contributed by atoms with Crippen LogP contribution >= 0.6 is 11.8 Å². The number of aromatic hydroxyl groups is 1. The zero-order valence-corrected chi connectivity index (χ0v) is 20.1. The maximum Gasteiger partial charge on any atom is 0.410 e. The molecule has 5 nitrogen and oxygen atoms in total. The highest BCUT2D eigenvalue weighted by Gasteiger charge is 2.28. The number of ether oxygens (including phenoxy) is 1. The van der Waals surface area contributed by atoms with Crippen molar-refractivity contribution in [3.63, 3.8) is 0 Å². The summed E-state index contributed by atoms with van der Waals surface area (Å²) in [6.07, 6.45) is 0.0668. The Morgan fingerprint density at radius 2 is 1.48 bits per heavy atom. The zero-order valence-electron chi connectivity index (χ0n) is 19.3. The maximum atomic E-state index is 13.0. The first kappa shape index (κ1) is 24.7. The highest BCUT2D eigenvalue weighted by Crippen LogP contribution is 2.29. The molecule has 3 aromatic rings. The predicted octanol–water partition coefficient (Wildman–Crippen LogP) is 5.88. The fourth-order valence-electron chi connectivity index (χ4n) is 3.33. The van der Waals surface area contributed by atoms with Crippen LogP contribution in [0.3, 0.4) is 0 Å². The minimum absolute atomic E-state index is 0.171. The number of carbonyl (C=O) groups excluding carboxylic acids is 1. The molecule has 0 heterocycles. The monoisotopic (exact) mass is 465 g/mol. The number of aliphatic hydroxyl groups is 1. The molecule has 0 saturated heterocycles. The SMILES string of the molecule is CC(C)(C)OC(=O)N(Cc1ccccc1)[C@H](CO)Cc1ccc(Sc2ccc(O)cc2)cc1. The van der Waals surface area contributed by atoms with Crippen LogP contribution in [0.5, 0.6) is 5.75 Å². The number of hydrogen-bond donors (Lipinski definition) is 2. The third kappa shape index (κ3) is 7.84. The van der Waals surface area contributed by atoms with Crippen LogP contribution in [-0.2, 0) is 17.7 Å². The Morgan fingerprint density at radius 3 is 2.03 bits per heavy atom. The number of rotatable bonds is 8. The van der Waals surface area contributed by atoms with Gasteiger partial charge in [0.25, 0.3) is 0 Å². The molecule has 174 valence electrons. The van der Waals surface area contributed by atoms with E-state index >= 15 is 0 Å². The summed E-state index contributed by atoms with van der Waals surface area (Å²) in [6, 6.07) is 24.5. The smallest absolute Gasteiger partial charge is 0.410 e. The average molecular weight is 466 g/mol. The normalized spacial score (nSPS) is 12.2. The molecule has 0 fully saturated rings. The zero-order chi connectivity index (χ0) is 23.8. The van der Waals surface area contributed by atoms with E-state index in [0.717, 1.165) is 20.9 Å². The van der Waals surface area contributed by atoms with Gasteiger partial charge in [-0.3, -0.25) is 4.90 Å². The molecule has 0 unspecified atom stereocenters. The molecule has 0 aliphatic carbocycles. The number of nitrogens with zero attached hydrogens (tertiary/aromatic N) is 1. The Bertz CT molecular complexity index is 1010. The molecule has 0 saturated carbocycles. The van der Waals surface area contributed by atoms with Gasteiger partial charge in [0.2, 0.25) is 0 Å². The fourth-order valence-corrected chi connectivity index (χ4v) is 4.15. The minimum Gasteiger partial charge on any atom is -0.508 e. The van der Waals surface area contributed by atoms with E-state index in [1.54, 1.807) is 28.8 Å². The van der Waals surface area contributed by atoms with Crippen LogP contribution in [0.2, 0.25) is 0 Å². The van der Waals surface area contributed by atoms with Crippen molar-refractivity contribution in [3.05, 3.63) is 90.0 Å². The van der Waals surface area contributed by atoms with Crippen LogP contribution in [-0.4, -0.2) is 39.5 Å². The third-order valence-electron chi connectivity index (χ3n) is 4.94. The summed E-state index contributed by atoms with van der Waals surface area (Å²) in [5.41, 5.74) is 1.37. The number of aliphatic hydroxyl groups excluding tert-OH is 1. The first-order valence-electron chi connectivity index (χ1n) is 10.9. The summed E-state index contributed by atoms with van der Waals surface area (Å²) in [7, 11) is 0. The molecule has 0 aliphatic rings. The van der Waals surface area contributed by atoms with Crippen molar-refractivity contribution in [2.24, 2.45) is 0 Å². The lowest BCUT2D eigenvalue weighted by Gasteiger charge is -2.33. The summed E-state index contributed by atoms with van der Waals surface area (Å²) >= 11 is 1.60. The van der Waals surface area contributed by atoms with Gasteiger partial charge in [0, 0.05) is 16.3 Å². The molecule has 3 aromatic carbocycles. The summed E-state index contributed by atoms with van der Waals surface area (Å²) in [5.74, 6) is 0.245. The largest absolute Gasteiger partial charge is 0.508 e. The summed E-state index contributed by atoms with van der Waals surface area (Å²) in [5, 5.41) is 19.6. The number of hydrogen-bond acceptors (Lipinski definition) is 5. The van der Waals surface area contributed by atoms with Crippen molar-refractivity contribution in [1.82, 2.24) is 4.90 Å². The number of carbonyl (C=O) groups is 1. The third-order valence-corrected chi connectivity index (χ3v) is 5.96. The van der Waals surface area contributed by atoms with Crippen molar-refractivity contribution < 1.29 is 19.7 Å². The van der Waals surface area contributed by atoms with Crippen molar-refractivity contribution in [2.45, 2.75) is 55.2 Å². The van der Waals surface area contributed by atoms with Crippen molar-refractivity contribution >= 4 is 17.9 Å². The van der Waals surface area contributed by atoms with Gasteiger partial charge >= 0.3 is 6.09 Å². The molecular weight excluding hydrogens is 434 g/mol. The van der Waals surface area contributed by atoms with E-state index in [1.807, 2.05) is 87.5 Å². The van der Waals surface area contributed by atoms with Crippen LogP contribution in [0.25, 0.3) is 0 Å². The highest BCUT2D eigenvalue weighted by atomic mass is 32.2. The van der Waals surface area contributed by atoms with Crippen LogP contribution in [0.15, 0.2) is 88.7 Å². The van der Waals surface area contributed by atoms with Crippen LogP contribution in [0, 0.1) is 0 Å². The van der Waals surface area contributed by atoms with Gasteiger partial charge in [-0.05, 0) is 74.7 Å². The minimum atomic E-state index is -0.626. The molecule has 33 heavy (non-hydrogen) atoms. The molecule has 1 atom stereocenters. The van der Waals surface area contributed by atoms with Crippen LogP contribution < -0.4 is 0 Å². The topological polar surface area (TPSA) is 70.0 Å². The standard InChI is InChI=1S/C27H31NO4S/c1-27(2,3)32-26(31)28(18-21-7-5-4-6-8-21)22(19-29)17-20-9-13-24(14-10-20)33-25-15-11-23(30)12-16-25/h4-16,22,29-30H,17-19H2,1-3H3/t22-/m0/s1. The van der Waals surface area contributed by atoms with E-state index in [1.165, 1.54) is 0 Å². The summed E-state index contributed by atoms with van der Waals surface area (Å²) < 4.78 is 5.64. The van der Waals surface area contributed by atoms with Crippen LogP contribution in [0.4, 0.5) is 4.79 Å². The van der Waals surface area contributed by atoms with Crippen molar-refractivity contribution in [2.75, 3.05) is 6.61 Å². The molecule has 0 aliphatic heterocycles. The molecule has 1 amide bonds. The van der Waals surface area contributed by atoms with Crippen molar-refractivity contribution in [3.8, 4) is 5.75 Å². The van der Waals surface area contributed by atoms with E-state index in [4.69, 9.17) is 4.74 Å². The fraction of sp³-hybridized carbons (Fsp3) is 0.296. The second kappa shape index (κ2) is 11.3. The molecule has 0 bridgehead atoms. The Morgan fingerprint density at radius 1 is 0.909 bits per heavy atom. The van der Waals surface area contributed by atoms with Gasteiger partial charge in [-0.25, -0.2) is 4.79 Å². The number of benzene rings is 3. The lowest BCUT2D eigenvalue weighted by molar-refractivity contribution is 0.00696. The molecule has 2 N–H and O–H groups in total. The Balaban J connectivity index is 1.74. The van der Waals surface area contributed by atoms with Crippen LogP contribution in [0.1, 0.15) is 31.9 Å². The first-order valence-corrected chi connectivity index (χ1v) is 11.8. The van der Waals surface area contributed by atoms with E-state index in [-0.39, 0.29) is 12.4 Å². The quantitative estimate of drug-likeness (QED) is 0.434. The average Bonchev–Trinajstić information content (AvgIpc) is 2.78. The van der Waals surface area contributed by atoms with Gasteiger partial charge < -0.3 is 14.9 Å². The number of phenols is 1. The predicted molar refractivity (Wildman–Crippen MR) is 131 cm³/mol. The van der Waals surface area contributed by atoms with Gasteiger partial charge in [-0.2, -0.15) is 0 Å². The lowest BCUT2D eigenvalue weighted by atomic mass is 10.0. The van der Waals surface area contributed by atoms with Gasteiger partial charge in [0.05, 0.1) is 12.6 Å². The Hall–Kier alpha value is -2.96. The van der Waals surface area contributed by atoms with Crippen molar-refractivity contribution in [1.29, 1.82) is 0 Å². The molecule has 0 spiro atoms. The maximum absolute atomic E-state index is 13.0. The molecule has 3 rings (SSSR count). The second-order valence-corrected chi connectivity index (χ2v) is 10.0. The highest BCUT2D eigenvalue weighted by molar-refractivity contribution is 7.99.